The molecule has 0 aliphatic carbocycles. The molecule has 0 spiro atoms. The summed E-state index contributed by atoms with van der Waals surface area (Å²) in [6, 6.07) is 7.79. The minimum Gasteiger partial charge on any atom is -0.508 e. The zero-order valence-electron chi connectivity index (χ0n) is 15.6. The molecule has 1 fully saturated rings. The highest BCUT2D eigenvalue weighted by molar-refractivity contribution is 6.33. The number of hydrogen-bond acceptors (Lipinski definition) is 4. The Kier molecular flexibility index (Phi) is 6.52. The van der Waals surface area contributed by atoms with E-state index < -0.39 is 11.7 Å². The molecular formula is C20H21ClF3N3O2. The number of phenols is 1. The van der Waals surface area contributed by atoms with E-state index in [-0.39, 0.29) is 23.1 Å². The van der Waals surface area contributed by atoms with Crippen LogP contribution in [0.1, 0.15) is 24.0 Å². The summed E-state index contributed by atoms with van der Waals surface area (Å²) in [5.74, 6) is 0.440. The second-order valence-corrected chi connectivity index (χ2v) is 7.28. The summed E-state index contributed by atoms with van der Waals surface area (Å²) in [5, 5.41) is 9.76. The van der Waals surface area contributed by atoms with Crippen LogP contribution in [0, 0.1) is 0 Å². The maximum Gasteiger partial charge on any atom is 0.417 e. The monoisotopic (exact) mass is 427 g/mol. The first-order valence-corrected chi connectivity index (χ1v) is 9.66. The number of halogens is 4. The van der Waals surface area contributed by atoms with Crippen molar-refractivity contribution in [2.75, 3.05) is 31.1 Å². The summed E-state index contributed by atoms with van der Waals surface area (Å²) in [5.41, 5.74) is -0.167. The summed E-state index contributed by atoms with van der Waals surface area (Å²) < 4.78 is 38.4. The molecule has 0 unspecified atom stereocenters. The number of alkyl halides is 3. The van der Waals surface area contributed by atoms with Gasteiger partial charge in [0.05, 0.1) is 10.6 Å². The number of carbonyl (C=O) groups excluding carboxylic acids is 1. The van der Waals surface area contributed by atoms with Gasteiger partial charge in [-0.1, -0.05) is 29.8 Å². The number of amides is 1. The molecule has 5 nitrogen and oxygen atoms in total. The molecule has 1 amide bonds. The van der Waals surface area contributed by atoms with Crippen LogP contribution in [0.2, 0.25) is 5.02 Å². The molecule has 1 saturated heterocycles. The molecular weight excluding hydrogens is 407 g/mol. The van der Waals surface area contributed by atoms with Gasteiger partial charge in [0.25, 0.3) is 0 Å². The van der Waals surface area contributed by atoms with Crippen LogP contribution in [-0.4, -0.2) is 47.1 Å². The van der Waals surface area contributed by atoms with Gasteiger partial charge in [0, 0.05) is 38.8 Å². The third-order valence-electron chi connectivity index (χ3n) is 4.90. The van der Waals surface area contributed by atoms with Crippen LogP contribution >= 0.6 is 11.6 Å². The number of aromatic nitrogens is 1. The molecule has 1 aliphatic heterocycles. The normalized spacial score (nSPS) is 15.3. The first kappa shape index (κ1) is 21.2. The number of phenolic OH excluding ortho intramolecular Hbond substituents is 1. The van der Waals surface area contributed by atoms with Gasteiger partial charge < -0.3 is 14.9 Å². The highest BCUT2D eigenvalue weighted by atomic mass is 35.5. The van der Waals surface area contributed by atoms with E-state index >= 15 is 0 Å². The molecule has 29 heavy (non-hydrogen) atoms. The first-order valence-electron chi connectivity index (χ1n) is 9.28. The van der Waals surface area contributed by atoms with Crippen LogP contribution < -0.4 is 4.90 Å². The summed E-state index contributed by atoms with van der Waals surface area (Å²) in [6.45, 7) is 1.95. The molecule has 2 aromatic rings. The number of para-hydroxylation sites is 1. The Hall–Kier alpha value is -2.48. The molecule has 1 aromatic carbocycles. The Morgan fingerprint density at radius 3 is 2.62 bits per heavy atom. The van der Waals surface area contributed by atoms with Gasteiger partial charge in [-0.15, -0.1) is 0 Å². The molecule has 1 N–H and O–H groups in total. The maximum absolute atomic E-state index is 12.8. The Labute approximate surface area is 171 Å². The predicted octanol–water partition coefficient (Wildman–Crippen LogP) is 4.13. The average Bonchev–Trinajstić information content (AvgIpc) is 2.92. The highest BCUT2D eigenvalue weighted by Crippen LogP contribution is 2.33. The molecule has 1 aromatic heterocycles. The van der Waals surface area contributed by atoms with Crippen molar-refractivity contribution in [3.8, 4) is 5.75 Å². The van der Waals surface area contributed by atoms with Crippen molar-refractivity contribution in [3.63, 3.8) is 0 Å². The van der Waals surface area contributed by atoms with Crippen LogP contribution in [0.3, 0.4) is 0 Å². The molecule has 156 valence electrons. The number of anilines is 1. The number of aromatic hydroxyl groups is 1. The second kappa shape index (κ2) is 8.90. The molecule has 1 aliphatic rings. The molecule has 0 bridgehead atoms. The Balaban J connectivity index is 1.60. The van der Waals surface area contributed by atoms with E-state index in [1.165, 1.54) is 0 Å². The van der Waals surface area contributed by atoms with Gasteiger partial charge in [0.1, 0.15) is 11.6 Å². The quantitative estimate of drug-likeness (QED) is 0.797. The number of benzene rings is 1. The molecule has 9 heteroatoms. The Morgan fingerprint density at radius 1 is 1.17 bits per heavy atom. The number of carbonyl (C=O) groups is 1. The van der Waals surface area contributed by atoms with Crippen LogP contribution in [0.15, 0.2) is 36.5 Å². The van der Waals surface area contributed by atoms with Crippen LogP contribution in [0.25, 0.3) is 0 Å². The van der Waals surface area contributed by atoms with Crippen LogP contribution in [0.4, 0.5) is 19.0 Å². The van der Waals surface area contributed by atoms with Crippen molar-refractivity contribution in [2.24, 2.45) is 0 Å². The van der Waals surface area contributed by atoms with Gasteiger partial charge in [-0.25, -0.2) is 4.98 Å². The van der Waals surface area contributed by atoms with Gasteiger partial charge in [0.15, 0.2) is 0 Å². The zero-order chi connectivity index (χ0) is 21.0. The number of hydrogen-bond donors (Lipinski definition) is 1. The lowest BCUT2D eigenvalue weighted by Crippen LogP contribution is -2.35. The van der Waals surface area contributed by atoms with E-state index in [1.54, 1.807) is 28.0 Å². The summed E-state index contributed by atoms with van der Waals surface area (Å²) >= 11 is 6.04. The highest BCUT2D eigenvalue weighted by Gasteiger charge is 2.32. The van der Waals surface area contributed by atoms with Crippen molar-refractivity contribution in [1.29, 1.82) is 0 Å². The number of pyridine rings is 1. The fourth-order valence-electron chi connectivity index (χ4n) is 3.32. The van der Waals surface area contributed by atoms with E-state index in [4.69, 9.17) is 11.6 Å². The lowest BCUT2D eigenvalue weighted by molar-refractivity contribution is -0.137. The van der Waals surface area contributed by atoms with E-state index in [0.29, 0.717) is 44.8 Å². The van der Waals surface area contributed by atoms with Crippen LogP contribution in [-0.2, 0) is 17.4 Å². The smallest absolute Gasteiger partial charge is 0.417 e. The molecule has 0 saturated carbocycles. The standard InChI is InChI=1S/C20H21ClF3N3O2/c21-16-12-15(20(22,23)24)13-25-19(16)27-9-3-8-26(10-11-27)18(29)7-6-14-4-1-2-5-17(14)28/h1-2,4-5,12-13,28H,3,6-11H2. The minimum atomic E-state index is -4.50. The SMILES string of the molecule is O=C(CCc1ccccc1O)N1CCCN(c2ncc(C(F)(F)F)cc2Cl)CC1. The van der Waals surface area contributed by atoms with Crippen LogP contribution in [0.5, 0.6) is 5.75 Å². The number of rotatable bonds is 4. The first-order chi connectivity index (χ1) is 13.8. The average molecular weight is 428 g/mol. The van der Waals surface area contributed by atoms with Crippen molar-refractivity contribution in [3.05, 3.63) is 52.7 Å². The maximum atomic E-state index is 12.8. The molecule has 2 heterocycles. The lowest BCUT2D eigenvalue weighted by atomic mass is 10.1. The van der Waals surface area contributed by atoms with E-state index in [9.17, 15) is 23.1 Å². The Morgan fingerprint density at radius 2 is 1.93 bits per heavy atom. The number of nitrogens with zero attached hydrogens (tertiary/aromatic N) is 3. The fraction of sp³-hybridized carbons (Fsp3) is 0.400. The second-order valence-electron chi connectivity index (χ2n) is 6.88. The molecule has 0 atom stereocenters. The van der Waals surface area contributed by atoms with Gasteiger partial charge in [-0.2, -0.15) is 13.2 Å². The number of aryl methyl sites for hydroxylation is 1. The zero-order valence-corrected chi connectivity index (χ0v) is 16.4. The van der Waals surface area contributed by atoms with E-state index in [1.807, 2.05) is 6.07 Å². The summed E-state index contributed by atoms with van der Waals surface area (Å²) in [6.07, 6.45) is -2.35. The Bertz CT molecular complexity index is 876. The fourth-order valence-corrected chi connectivity index (χ4v) is 3.60. The van der Waals surface area contributed by atoms with E-state index in [2.05, 4.69) is 4.98 Å². The van der Waals surface area contributed by atoms with Gasteiger partial charge in [-0.3, -0.25) is 4.79 Å². The minimum absolute atomic E-state index is 0.0263. The molecule has 0 radical (unpaired) electrons. The topological polar surface area (TPSA) is 56.7 Å². The predicted molar refractivity (Wildman–Crippen MR) is 104 cm³/mol. The largest absolute Gasteiger partial charge is 0.508 e. The van der Waals surface area contributed by atoms with Gasteiger partial charge >= 0.3 is 6.18 Å². The van der Waals surface area contributed by atoms with E-state index in [0.717, 1.165) is 17.8 Å². The van der Waals surface area contributed by atoms with Gasteiger partial charge in [-0.05, 0) is 30.5 Å². The lowest BCUT2D eigenvalue weighted by Gasteiger charge is -2.24. The third kappa shape index (κ3) is 5.32. The van der Waals surface area contributed by atoms with Crippen molar-refractivity contribution >= 4 is 23.3 Å². The van der Waals surface area contributed by atoms with Gasteiger partial charge in [0.2, 0.25) is 5.91 Å². The van der Waals surface area contributed by atoms with Crippen molar-refractivity contribution in [1.82, 2.24) is 9.88 Å². The van der Waals surface area contributed by atoms with Crippen molar-refractivity contribution in [2.45, 2.75) is 25.4 Å². The molecule has 3 rings (SSSR count). The summed E-state index contributed by atoms with van der Waals surface area (Å²) in [4.78, 5) is 20.0. The summed E-state index contributed by atoms with van der Waals surface area (Å²) in [7, 11) is 0. The third-order valence-corrected chi connectivity index (χ3v) is 5.18. The van der Waals surface area contributed by atoms with Crippen molar-refractivity contribution < 1.29 is 23.1 Å².